The normalized spacial score (nSPS) is 12.1. The number of aryl methyl sites for hydroxylation is 1. The highest BCUT2D eigenvalue weighted by Crippen LogP contribution is 2.27. The van der Waals surface area contributed by atoms with Crippen molar-refractivity contribution >= 4 is 39.1 Å². The number of benzene rings is 2. The molecule has 174 valence electrons. The molecule has 2 rings (SSSR count). The second-order valence-corrected chi connectivity index (χ2v) is 9.71. The molecule has 0 saturated heterocycles. The second kappa shape index (κ2) is 10.7. The van der Waals surface area contributed by atoms with Gasteiger partial charge in [-0.2, -0.15) is 0 Å². The molecule has 1 unspecified atom stereocenters. The zero-order valence-corrected chi connectivity index (χ0v) is 20.3. The van der Waals surface area contributed by atoms with E-state index in [1.54, 1.807) is 50.2 Å². The number of halogens is 1. The fraction of sp³-hybridized carbons (Fsp3) is 0.364. The van der Waals surface area contributed by atoms with Gasteiger partial charge in [-0.1, -0.05) is 29.8 Å². The number of hydrogen-bond donors (Lipinski definition) is 1. The molecule has 0 aliphatic carbocycles. The second-order valence-electron chi connectivity index (χ2n) is 7.36. The highest BCUT2D eigenvalue weighted by molar-refractivity contribution is 7.92. The molecule has 2 aromatic rings. The minimum atomic E-state index is -3.81. The monoisotopic (exact) mass is 481 g/mol. The Labute approximate surface area is 194 Å². The number of amides is 2. The summed E-state index contributed by atoms with van der Waals surface area (Å²) in [4.78, 5) is 27.0. The summed E-state index contributed by atoms with van der Waals surface area (Å²) < 4.78 is 31.4. The largest absolute Gasteiger partial charge is 0.497 e. The van der Waals surface area contributed by atoms with Gasteiger partial charge in [0.15, 0.2) is 0 Å². The molecule has 0 bridgehead atoms. The zero-order chi connectivity index (χ0) is 24.1. The number of hydrogen-bond acceptors (Lipinski definition) is 5. The Morgan fingerprint density at radius 2 is 1.88 bits per heavy atom. The lowest BCUT2D eigenvalue weighted by molar-refractivity contribution is -0.139. The van der Waals surface area contributed by atoms with Gasteiger partial charge in [-0.25, -0.2) is 8.42 Å². The lowest BCUT2D eigenvalue weighted by Crippen LogP contribution is -2.50. The molecule has 0 aliphatic rings. The van der Waals surface area contributed by atoms with Crippen molar-refractivity contribution in [2.45, 2.75) is 26.4 Å². The van der Waals surface area contributed by atoms with E-state index in [0.717, 1.165) is 16.1 Å². The summed E-state index contributed by atoms with van der Waals surface area (Å²) in [6, 6.07) is 11.1. The Morgan fingerprint density at radius 3 is 2.47 bits per heavy atom. The first-order valence-electron chi connectivity index (χ1n) is 9.85. The molecule has 0 spiro atoms. The lowest BCUT2D eigenvalue weighted by Gasteiger charge is -2.31. The van der Waals surface area contributed by atoms with Gasteiger partial charge in [0.2, 0.25) is 21.8 Å². The number of ether oxygens (including phenoxy) is 1. The predicted molar refractivity (Wildman–Crippen MR) is 125 cm³/mol. The van der Waals surface area contributed by atoms with Crippen molar-refractivity contribution in [3.8, 4) is 5.75 Å². The molecule has 0 saturated carbocycles. The Hall–Kier alpha value is -2.78. The first kappa shape index (κ1) is 25.5. The van der Waals surface area contributed by atoms with E-state index in [1.807, 2.05) is 0 Å². The fourth-order valence-corrected chi connectivity index (χ4v) is 4.27. The van der Waals surface area contributed by atoms with Crippen LogP contribution in [0.25, 0.3) is 0 Å². The first-order valence-corrected chi connectivity index (χ1v) is 12.1. The van der Waals surface area contributed by atoms with Crippen molar-refractivity contribution < 1.29 is 22.7 Å². The van der Waals surface area contributed by atoms with Gasteiger partial charge in [-0.05, 0) is 49.2 Å². The maximum atomic E-state index is 13.4. The van der Waals surface area contributed by atoms with Gasteiger partial charge in [-0.3, -0.25) is 13.9 Å². The van der Waals surface area contributed by atoms with Crippen LogP contribution in [-0.2, 0) is 26.2 Å². The summed E-state index contributed by atoms with van der Waals surface area (Å²) in [5, 5.41) is 2.88. The number of sulfonamides is 1. The van der Waals surface area contributed by atoms with E-state index >= 15 is 0 Å². The minimum Gasteiger partial charge on any atom is -0.497 e. The van der Waals surface area contributed by atoms with Crippen molar-refractivity contribution in [3.05, 3.63) is 58.6 Å². The highest BCUT2D eigenvalue weighted by atomic mass is 35.5. The van der Waals surface area contributed by atoms with E-state index in [1.165, 1.54) is 25.1 Å². The predicted octanol–water partition coefficient (Wildman–Crippen LogP) is 2.59. The zero-order valence-electron chi connectivity index (χ0n) is 18.8. The van der Waals surface area contributed by atoms with Crippen LogP contribution in [0.5, 0.6) is 5.75 Å². The highest BCUT2D eigenvalue weighted by Gasteiger charge is 2.30. The molecule has 1 atom stereocenters. The third-order valence-corrected chi connectivity index (χ3v) is 6.38. The molecule has 0 heterocycles. The molecule has 8 nitrogen and oxygen atoms in total. The molecular weight excluding hydrogens is 454 g/mol. The van der Waals surface area contributed by atoms with Crippen LogP contribution in [0.3, 0.4) is 0 Å². The smallest absolute Gasteiger partial charge is 0.244 e. The van der Waals surface area contributed by atoms with Gasteiger partial charge < -0.3 is 15.0 Å². The number of likely N-dealkylation sites (N-methyl/N-ethyl adjacent to an activating group) is 1. The van der Waals surface area contributed by atoms with Crippen molar-refractivity contribution in [2.75, 3.05) is 31.3 Å². The molecule has 0 aromatic heterocycles. The van der Waals surface area contributed by atoms with Gasteiger partial charge in [-0.15, -0.1) is 0 Å². The number of carbonyl (C=O) groups is 2. The van der Waals surface area contributed by atoms with Crippen LogP contribution in [0.2, 0.25) is 5.02 Å². The van der Waals surface area contributed by atoms with Crippen LogP contribution in [0.15, 0.2) is 42.5 Å². The number of carbonyl (C=O) groups excluding carboxylic acids is 2. The number of nitrogens with one attached hydrogen (secondary N) is 1. The molecule has 0 aliphatic heterocycles. The van der Waals surface area contributed by atoms with E-state index in [0.29, 0.717) is 22.0 Å². The number of anilines is 1. The summed E-state index contributed by atoms with van der Waals surface area (Å²) in [5.41, 5.74) is 1.69. The standard InChI is InChI=1S/C22H28ClN3O5S/c1-15-9-10-18(23)12-20(15)26(32(5,29)30)14-21(27)25(16(2)22(28)24-3)13-17-7-6-8-19(11-17)31-4/h6-12,16H,13-14H2,1-5H3,(H,24,28). The van der Waals surface area contributed by atoms with Crippen molar-refractivity contribution in [2.24, 2.45) is 0 Å². The maximum Gasteiger partial charge on any atom is 0.244 e. The van der Waals surface area contributed by atoms with Crippen LogP contribution in [-0.4, -0.2) is 58.1 Å². The summed E-state index contributed by atoms with van der Waals surface area (Å²) in [6.45, 7) is 2.93. The Bertz CT molecular complexity index is 1090. The molecule has 1 N–H and O–H groups in total. The molecule has 2 aromatic carbocycles. The van der Waals surface area contributed by atoms with E-state index in [2.05, 4.69) is 5.32 Å². The van der Waals surface area contributed by atoms with Crippen molar-refractivity contribution in [1.82, 2.24) is 10.2 Å². The maximum absolute atomic E-state index is 13.4. The Morgan fingerprint density at radius 1 is 1.19 bits per heavy atom. The first-order chi connectivity index (χ1) is 15.0. The molecular formula is C22H28ClN3O5S. The number of rotatable bonds is 9. The van der Waals surface area contributed by atoms with E-state index in [-0.39, 0.29) is 12.5 Å². The Balaban J connectivity index is 2.43. The van der Waals surface area contributed by atoms with Crippen LogP contribution in [0.4, 0.5) is 5.69 Å². The van der Waals surface area contributed by atoms with Gasteiger partial charge in [0, 0.05) is 18.6 Å². The number of methoxy groups -OCH3 is 1. The van der Waals surface area contributed by atoms with Gasteiger partial charge in [0.25, 0.3) is 0 Å². The fourth-order valence-electron chi connectivity index (χ4n) is 3.21. The minimum absolute atomic E-state index is 0.0940. The Kier molecular flexibility index (Phi) is 8.51. The quantitative estimate of drug-likeness (QED) is 0.594. The third-order valence-electron chi connectivity index (χ3n) is 5.02. The third kappa shape index (κ3) is 6.37. The van der Waals surface area contributed by atoms with Gasteiger partial charge >= 0.3 is 0 Å². The topological polar surface area (TPSA) is 96.0 Å². The van der Waals surface area contributed by atoms with Crippen LogP contribution in [0, 0.1) is 6.92 Å². The van der Waals surface area contributed by atoms with Crippen LogP contribution >= 0.6 is 11.6 Å². The van der Waals surface area contributed by atoms with Crippen molar-refractivity contribution in [1.29, 1.82) is 0 Å². The SMILES string of the molecule is CNC(=O)C(C)N(Cc1cccc(OC)c1)C(=O)CN(c1cc(Cl)ccc1C)S(C)(=O)=O. The van der Waals surface area contributed by atoms with Crippen LogP contribution in [0.1, 0.15) is 18.1 Å². The summed E-state index contributed by atoms with van der Waals surface area (Å²) >= 11 is 6.08. The van der Waals surface area contributed by atoms with E-state index < -0.39 is 28.5 Å². The van der Waals surface area contributed by atoms with E-state index in [4.69, 9.17) is 16.3 Å². The number of nitrogens with zero attached hydrogens (tertiary/aromatic N) is 2. The van der Waals surface area contributed by atoms with Crippen LogP contribution < -0.4 is 14.4 Å². The molecule has 0 fully saturated rings. The summed E-state index contributed by atoms with van der Waals surface area (Å²) in [5.74, 6) is -0.297. The molecule has 2 amide bonds. The average molecular weight is 482 g/mol. The molecule has 10 heteroatoms. The molecule has 0 radical (unpaired) electrons. The van der Waals surface area contributed by atoms with Crippen molar-refractivity contribution in [3.63, 3.8) is 0 Å². The average Bonchev–Trinajstić information content (AvgIpc) is 2.75. The van der Waals surface area contributed by atoms with Gasteiger partial charge in [0.1, 0.15) is 18.3 Å². The van der Waals surface area contributed by atoms with E-state index in [9.17, 15) is 18.0 Å². The van der Waals surface area contributed by atoms with Gasteiger partial charge in [0.05, 0.1) is 19.1 Å². The molecule has 32 heavy (non-hydrogen) atoms. The summed E-state index contributed by atoms with van der Waals surface area (Å²) in [7, 11) is -0.803. The lowest BCUT2D eigenvalue weighted by atomic mass is 10.1. The summed E-state index contributed by atoms with van der Waals surface area (Å²) in [6.07, 6.45) is 1.02.